The van der Waals surface area contributed by atoms with Crippen LogP contribution in [0, 0.1) is 34.8 Å². The predicted molar refractivity (Wildman–Crippen MR) is 76.5 cm³/mol. The maximum absolute atomic E-state index is 13.4. The number of halogens is 2. The molecule has 1 aromatic carbocycles. The highest BCUT2D eigenvalue weighted by Crippen LogP contribution is 2.62. The van der Waals surface area contributed by atoms with E-state index in [1.807, 2.05) is 0 Å². The maximum atomic E-state index is 13.4. The first-order valence-electron chi connectivity index (χ1n) is 8.16. The molecular weight excluding hydrogens is 270 g/mol. The monoisotopic (exact) mass is 292 g/mol. The molecule has 1 atom stereocenters. The standard InChI is InChI=1S/C18H22F2O/c19-15-2-1-14(6-16(15)20)17(21)10-18-7-11-3-12(8-18)5-13(4-11)9-18/h1-2,6,11-13,17,21H,3-5,7-10H2. The summed E-state index contributed by atoms with van der Waals surface area (Å²) in [5, 5.41) is 10.5. The summed E-state index contributed by atoms with van der Waals surface area (Å²) in [6, 6.07) is 3.79. The van der Waals surface area contributed by atoms with E-state index in [1.54, 1.807) is 0 Å². The molecule has 4 aliphatic carbocycles. The van der Waals surface area contributed by atoms with Gasteiger partial charge in [-0.2, -0.15) is 0 Å². The second-order valence-electron chi connectivity index (χ2n) is 7.81. The number of benzene rings is 1. The molecule has 1 aromatic rings. The highest BCUT2D eigenvalue weighted by molar-refractivity contribution is 5.20. The number of hydrogen-bond donors (Lipinski definition) is 1. The minimum Gasteiger partial charge on any atom is -0.388 e. The molecule has 4 aliphatic rings. The third-order valence-corrected chi connectivity index (χ3v) is 6.12. The molecule has 0 saturated heterocycles. The fourth-order valence-electron chi connectivity index (χ4n) is 5.79. The molecule has 1 unspecified atom stereocenters. The first kappa shape index (κ1) is 13.7. The third kappa shape index (κ3) is 2.40. The van der Waals surface area contributed by atoms with Gasteiger partial charge in [-0.05, 0) is 85.8 Å². The lowest BCUT2D eigenvalue weighted by atomic mass is 9.48. The molecule has 4 fully saturated rings. The molecule has 21 heavy (non-hydrogen) atoms. The fraction of sp³-hybridized carbons (Fsp3) is 0.667. The van der Waals surface area contributed by atoms with E-state index in [-0.39, 0.29) is 5.41 Å². The van der Waals surface area contributed by atoms with Crippen LogP contribution in [-0.2, 0) is 0 Å². The van der Waals surface area contributed by atoms with Crippen LogP contribution in [0.3, 0.4) is 0 Å². The molecule has 4 saturated carbocycles. The lowest BCUT2D eigenvalue weighted by Gasteiger charge is -2.57. The number of aliphatic hydroxyl groups is 1. The number of rotatable bonds is 3. The zero-order chi connectivity index (χ0) is 14.6. The summed E-state index contributed by atoms with van der Waals surface area (Å²) in [5.41, 5.74) is 0.767. The van der Waals surface area contributed by atoms with E-state index in [4.69, 9.17) is 0 Å². The van der Waals surface area contributed by atoms with Gasteiger partial charge in [0.15, 0.2) is 11.6 Å². The van der Waals surface area contributed by atoms with Gasteiger partial charge in [0.2, 0.25) is 0 Å². The molecule has 3 heteroatoms. The molecule has 114 valence electrons. The zero-order valence-corrected chi connectivity index (χ0v) is 12.2. The van der Waals surface area contributed by atoms with E-state index in [1.165, 1.54) is 44.6 Å². The quantitative estimate of drug-likeness (QED) is 0.863. The smallest absolute Gasteiger partial charge is 0.159 e. The third-order valence-electron chi connectivity index (χ3n) is 6.12. The van der Waals surface area contributed by atoms with Crippen molar-refractivity contribution in [3.05, 3.63) is 35.4 Å². The van der Waals surface area contributed by atoms with Crippen LogP contribution in [0.1, 0.15) is 56.6 Å². The van der Waals surface area contributed by atoms with Gasteiger partial charge < -0.3 is 5.11 Å². The average molecular weight is 292 g/mol. The SMILES string of the molecule is OC(CC12CC3CC(CC(C3)C1)C2)c1ccc(F)c(F)c1. The van der Waals surface area contributed by atoms with Gasteiger partial charge in [-0.25, -0.2) is 8.78 Å². The summed E-state index contributed by atoms with van der Waals surface area (Å²) in [6.45, 7) is 0. The van der Waals surface area contributed by atoms with E-state index in [0.29, 0.717) is 12.0 Å². The molecule has 0 aliphatic heterocycles. The zero-order valence-electron chi connectivity index (χ0n) is 12.2. The molecule has 1 N–H and O–H groups in total. The van der Waals surface area contributed by atoms with Gasteiger partial charge >= 0.3 is 0 Å². The highest BCUT2D eigenvalue weighted by atomic mass is 19.2. The largest absolute Gasteiger partial charge is 0.388 e. The topological polar surface area (TPSA) is 20.2 Å². The molecule has 4 bridgehead atoms. The molecular formula is C18H22F2O. The van der Waals surface area contributed by atoms with Gasteiger partial charge in [0.1, 0.15) is 0 Å². The minimum atomic E-state index is -0.864. The Labute approximate surface area is 124 Å². The van der Waals surface area contributed by atoms with Gasteiger partial charge in [0, 0.05) is 0 Å². The van der Waals surface area contributed by atoms with E-state index in [9.17, 15) is 13.9 Å². The van der Waals surface area contributed by atoms with E-state index < -0.39 is 17.7 Å². The van der Waals surface area contributed by atoms with Crippen LogP contribution < -0.4 is 0 Å². The van der Waals surface area contributed by atoms with Crippen molar-refractivity contribution < 1.29 is 13.9 Å². The van der Waals surface area contributed by atoms with Crippen molar-refractivity contribution in [3.63, 3.8) is 0 Å². The predicted octanol–water partition coefficient (Wildman–Crippen LogP) is 4.60. The summed E-state index contributed by atoms with van der Waals surface area (Å²) < 4.78 is 26.4. The maximum Gasteiger partial charge on any atom is 0.159 e. The molecule has 0 aromatic heterocycles. The van der Waals surface area contributed by atoms with Gasteiger partial charge in [-0.15, -0.1) is 0 Å². The normalized spacial score (nSPS) is 38.7. The Morgan fingerprint density at radius 3 is 2.10 bits per heavy atom. The lowest BCUT2D eigenvalue weighted by Crippen LogP contribution is -2.46. The Kier molecular flexibility index (Phi) is 3.11. The fourth-order valence-corrected chi connectivity index (χ4v) is 5.79. The van der Waals surface area contributed by atoms with Crippen molar-refractivity contribution in [2.75, 3.05) is 0 Å². The Hall–Kier alpha value is -0.960. The van der Waals surface area contributed by atoms with Crippen molar-refractivity contribution in [3.8, 4) is 0 Å². The lowest BCUT2D eigenvalue weighted by molar-refractivity contribution is -0.0764. The van der Waals surface area contributed by atoms with Gasteiger partial charge in [-0.3, -0.25) is 0 Å². The summed E-state index contributed by atoms with van der Waals surface area (Å²) in [4.78, 5) is 0. The van der Waals surface area contributed by atoms with E-state index in [2.05, 4.69) is 0 Å². The van der Waals surface area contributed by atoms with Crippen LogP contribution in [0.25, 0.3) is 0 Å². The summed E-state index contributed by atoms with van der Waals surface area (Å²) in [7, 11) is 0. The Bertz CT molecular complexity index is 519. The summed E-state index contributed by atoms with van der Waals surface area (Å²) in [6.07, 6.45) is 7.83. The minimum absolute atomic E-state index is 0.249. The number of hydrogen-bond acceptors (Lipinski definition) is 1. The molecule has 1 nitrogen and oxygen atoms in total. The van der Waals surface area contributed by atoms with Crippen molar-refractivity contribution in [2.24, 2.45) is 23.2 Å². The summed E-state index contributed by atoms with van der Waals surface area (Å²) >= 11 is 0. The summed E-state index contributed by atoms with van der Waals surface area (Å²) in [5.74, 6) is 0.813. The number of aliphatic hydroxyl groups excluding tert-OH is 1. The molecule has 0 amide bonds. The van der Waals surface area contributed by atoms with Crippen LogP contribution in [-0.4, -0.2) is 5.11 Å². The Balaban J connectivity index is 1.53. The molecule has 0 heterocycles. The van der Waals surface area contributed by atoms with Crippen LogP contribution in [0.4, 0.5) is 8.78 Å². The van der Waals surface area contributed by atoms with Gasteiger partial charge in [0.05, 0.1) is 6.10 Å². The van der Waals surface area contributed by atoms with Gasteiger partial charge in [-0.1, -0.05) is 6.07 Å². The first-order valence-corrected chi connectivity index (χ1v) is 8.16. The average Bonchev–Trinajstić information content (AvgIpc) is 2.39. The highest BCUT2D eigenvalue weighted by Gasteiger charge is 2.51. The van der Waals surface area contributed by atoms with Crippen molar-refractivity contribution in [1.82, 2.24) is 0 Å². The Morgan fingerprint density at radius 2 is 1.57 bits per heavy atom. The van der Waals surface area contributed by atoms with Crippen LogP contribution in [0.5, 0.6) is 0 Å². The van der Waals surface area contributed by atoms with Crippen LogP contribution >= 0.6 is 0 Å². The molecule has 5 rings (SSSR count). The Morgan fingerprint density at radius 1 is 1.00 bits per heavy atom. The second kappa shape index (κ2) is 4.77. The molecule has 0 radical (unpaired) electrons. The van der Waals surface area contributed by atoms with Crippen molar-refractivity contribution in [2.45, 2.75) is 51.0 Å². The van der Waals surface area contributed by atoms with Crippen LogP contribution in [0.2, 0.25) is 0 Å². The molecule has 0 spiro atoms. The van der Waals surface area contributed by atoms with E-state index >= 15 is 0 Å². The van der Waals surface area contributed by atoms with Crippen molar-refractivity contribution in [1.29, 1.82) is 0 Å². The van der Waals surface area contributed by atoms with Crippen molar-refractivity contribution >= 4 is 0 Å². The van der Waals surface area contributed by atoms with E-state index in [0.717, 1.165) is 29.9 Å². The van der Waals surface area contributed by atoms with Crippen LogP contribution in [0.15, 0.2) is 18.2 Å². The second-order valence-corrected chi connectivity index (χ2v) is 7.81. The van der Waals surface area contributed by atoms with Gasteiger partial charge in [0.25, 0.3) is 0 Å². The first-order chi connectivity index (χ1) is 10.0.